The fraction of sp³-hybridized carbons (Fsp3) is 0.214. The van der Waals surface area contributed by atoms with E-state index in [9.17, 15) is 4.79 Å². The predicted octanol–water partition coefficient (Wildman–Crippen LogP) is 5.43. The maximum absolute atomic E-state index is 12.6. The van der Waals surface area contributed by atoms with Gasteiger partial charge in [-0.1, -0.05) is 30.3 Å². The molecule has 0 unspecified atom stereocenters. The van der Waals surface area contributed by atoms with Crippen molar-refractivity contribution in [2.75, 3.05) is 6.61 Å². The molecule has 0 aliphatic heterocycles. The van der Waals surface area contributed by atoms with Gasteiger partial charge >= 0.3 is 0 Å². The van der Waals surface area contributed by atoms with Crippen LogP contribution in [0.5, 0.6) is 5.75 Å². The molecule has 1 heterocycles. The number of carbonyl (C=O) groups excluding carboxylic acids is 1. The van der Waals surface area contributed by atoms with Gasteiger partial charge in [-0.2, -0.15) is 5.10 Å². The summed E-state index contributed by atoms with van der Waals surface area (Å²) in [5.41, 5.74) is 9.19. The largest absolute Gasteiger partial charge is 0.493 e. The van der Waals surface area contributed by atoms with Crippen LogP contribution in [0.3, 0.4) is 0 Å². The molecule has 5 heteroatoms. The predicted molar refractivity (Wildman–Crippen MR) is 132 cm³/mol. The van der Waals surface area contributed by atoms with Gasteiger partial charge in [-0.15, -0.1) is 0 Å². The van der Waals surface area contributed by atoms with Crippen molar-refractivity contribution >= 4 is 23.0 Å². The molecule has 0 fully saturated rings. The fourth-order valence-corrected chi connectivity index (χ4v) is 4.36. The summed E-state index contributed by atoms with van der Waals surface area (Å²) >= 11 is 0. The second-order valence-electron chi connectivity index (χ2n) is 8.40. The van der Waals surface area contributed by atoms with E-state index >= 15 is 0 Å². The highest BCUT2D eigenvalue weighted by atomic mass is 16.5. The number of carbonyl (C=O) groups is 1. The molecular formula is C28H27N3O2. The van der Waals surface area contributed by atoms with Crippen LogP contribution in [0.1, 0.15) is 45.6 Å². The second-order valence-corrected chi connectivity index (χ2v) is 8.40. The zero-order valence-electron chi connectivity index (χ0n) is 18.5. The summed E-state index contributed by atoms with van der Waals surface area (Å²) in [7, 11) is 0. The Kier molecular flexibility index (Phi) is 6.20. The van der Waals surface area contributed by atoms with E-state index in [2.05, 4.69) is 27.6 Å². The summed E-state index contributed by atoms with van der Waals surface area (Å²) in [6, 6.07) is 23.8. The van der Waals surface area contributed by atoms with E-state index in [-0.39, 0.29) is 5.91 Å². The fourth-order valence-electron chi connectivity index (χ4n) is 4.36. The van der Waals surface area contributed by atoms with Gasteiger partial charge < -0.3 is 9.72 Å². The molecule has 1 aliphatic rings. The molecule has 33 heavy (non-hydrogen) atoms. The number of aryl methyl sites for hydroxylation is 2. The molecule has 166 valence electrons. The van der Waals surface area contributed by atoms with E-state index in [1.165, 1.54) is 29.7 Å². The lowest BCUT2D eigenvalue weighted by Crippen LogP contribution is -2.17. The first-order valence-corrected chi connectivity index (χ1v) is 11.5. The lowest BCUT2D eigenvalue weighted by molar-refractivity contribution is 0.0955. The summed E-state index contributed by atoms with van der Waals surface area (Å²) in [5.74, 6) is 0.607. The van der Waals surface area contributed by atoms with Crippen molar-refractivity contribution in [1.82, 2.24) is 10.4 Å². The van der Waals surface area contributed by atoms with E-state index in [0.29, 0.717) is 12.2 Å². The summed E-state index contributed by atoms with van der Waals surface area (Å²) in [4.78, 5) is 16.1. The van der Waals surface area contributed by atoms with Crippen molar-refractivity contribution in [3.63, 3.8) is 0 Å². The maximum Gasteiger partial charge on any atom is 0.271 e. The molecule has 4 aromatic rings. The molecule has 5 rings (SSSR count). The Balaban J connectivity index is 1.16. The van der Waals surface area contributed by atoms with Gasteiger partial charge in [-0.25, -0.2) is 5.43 Å². The molecule has 5 nitrogen and oxygen atoms in total. The van der Waals surface area contributed by atoms with E-state index in [1.54, 1.807) is 6.21 Å². The Morgan fingerprint density at radius 2 is 1.82 bits per heavy atom. The van der Waals surface area contributed by atoms with Gasteiger partial charge in [0.2, 0.25) is 0 Å². The number of aromatic amines is 1. The number of rotatable bonds is 7. The summed E-state index contributed by atoms with van der Waals surface area (Å²) in [6.07, 6.45) is 7.10. The van der Waals surface area contributed by atoms with Crippen LogP contribution in [0, 0.1) is 0 Å². The number of aromatic nitrogens is 1. The molecular weight excluding hydrogens is 410 g/mol. The normalized spacial score (nSPS) is 13.2. The number of hydrogen-bond acceptors (Lipinski definition) is 3. The van der Waals surface area contributed by atoms with Crippen molar-refractivity contribution < 1.29 is 9.53 Å². The standard InChI is InChI=1S/C28H27N3O2/c32-28(22-12-15-27-25(18-22)24-8-4-5-9-26(24)30-27)31-29-19-21-10-13-23(14-11-21)33-17-16-20-6-2-1-3-7-20/h1-3,6-7,10-15,18-19,30H,4-5,8-9,16-17H2,(H,31,32)/b29-19+. The first kappa shape index (κ1) is 21.0. The molecule has 0 radical (unpaired) electrons. The minimum atomic E-state index is -0.209. The Hall–Kier alpha value is -3.86. The van der Waals surface area contributed by atoms with Gasteiger partial charge in [0.25, 0.3) is 5.91 Å². The van der Waals surface area contributed by atoms with E-state index < -0.39 is 0 Å². The van der Waals surface area contributed by atoms with Gasteiger partial charge in [-0.05, 0) is 84.8 Å². The van der Waals surface area contributed by atoms with Crippen LogP contribution < -0.4 is 10.2 Å². The Morgan fingerprint density at radius 3 is 2.67 bits per heavy atom. The molecule has 0 saturated carbocycles. The molecule has 1 aromatic heterocycles. The topological polar surface area (TPSA) is 66.5 Å². The maximum atomic E-state index is 12.6. The van der Waals surface area contributed by atoms with E-state index in [1.807, 2.05) is 60.7 Å². The van der Waals surface area contributed by atoms with Crippen molar-refractivity contribution in [1.29, 1.82) is 0 Å². The highest BCUT2D eigenvalue weighted by molar-refractivity contribution is 5.99. The Morgan fingerprint density at radius 1 is 1.00 bits per heavy atom. The average Bonchev–Trinajstić information content (AvgIpc) is 3.23. The van der Waals surface area contributed by atoms with Crippen molar-refractivity contribution in [2.45, 2.75) is 32.1 Å². The molecule has 1 amide bonds. The van der Waals surface area contributed by atoms with Crippen LogP contribution >= 0.6 is 0 Å². The lowest BCUT2D eigenvalue weighted by atomic mass is 9.95. The molecule has 0 saturated heterocycles. The number of nitrogens with zero attached hydrogens (tertiary/aromatic N) is 1. The van der Waals surface area contributed by atoms with Crippen molar-refractivity contribution in [3.05, 3.63) is 101 Å². The van der Waals surface area contributed by atoms with Gasteiger partial charge in [0.1, 0.15) is 5.75 Å². The number of ether oxygens (including phenoxy) is 1. The number of benzene rings is 3. The van der Waals surface area contributed by atoms with Crippen LogP contribution in [-0.2, 0) is 19.3 Å². The third kappa shape index (κ3) is 4.98. The molecule has 2 N–H and O–H groups in total. The zero-order chi connectivity index (χ0) is 22.5. The van der Waals surface area contributed by atoms with Crippen LogP contribution in [0.15, 0.2) is 77.9 Å². The monoisotopic (exact) mass is 437 g/mol. The molecule has 1 aliphatic carbocycles. The van der Waals surface area contributed by atoms with Gasteiger partial charge in [-0.3, -0.25) is 4.79 Å². The number of amides is 1. The third-order valence-corrected chi connectivity index (χ3v) is 6.12. The highest BCUT2D eigenvalue weighted by Gasteiger charge is 2.16. The number of H-pyrrole nitrogens is 1. The Bertz CT molecular complexity index is 1270. The van der Waals surface area contributed by atoms with Crippen LogP contribution in [-0.4, -0.2) is 23.7 Å². The van der Waals surface area contributed by atoms with Gasteiger partial charge in [0.05, 0.1) is 12.8 Å². The molecule has 0 bridgehead atoms. The van der Waals surface area contributed by atoms with Crippen molar-refractivity contribution in [3.8, 4) is 5.75 Å². The van der Waals surface area contributed by atoms with E-state index in [0.717, 1.165) is 41.5 Å². The molecule has 3 aromatic carbocycles. The van der Waals surface area contributed by atoms with E-state index in [4.69, 9.17) is 4.74 Å². The quantitative estimate of drug-likeness (QED) is 0.299. The number of nitrogens with one attached hydrogen (secondary N) is 2. The first-order chi connectivity index (χ1) is 16.3. The smallest absolute Gasteiger partial charge is 0.271 e. The van der Waals surface area contributed by atoms with Gasteiger partial charge in [0.15, 0.2) is 0 Å². The summed E-state index contributed by atoms with van der Waals surface area (Å²) in [6.45, 7) is 0.627. The summed E-state index contributed by atoms with van der Waals surface area (Å²) < 4.78 is 5.82. The number of hydrazone groups is 1. The van der Waals surface area contributed by atoms with Gasteiger partial charge in [0, 0.05) is 28.6 Å². The number of fused-ring (bicyclic) bond motifs is 3. The van der Waals surface area contributed by atoms with Crippen LogP contribution in [0.4, 0.5) is 0 Å². The molecule has 0 spiro atoms. The SMILES string of the molecule is O=C(N/N=C/c1ccc(OCCc2ccccc2)cc1)c1ccc2[nH]c3c(c2c1)CCCC3. The van der Waals surface area contributed by atoms with Crippen LogP contribution in [0.2, 0.25) is 0 Å². The highest BCUT2D eigenvalue weighted by Crippen LogP contribution is 2.29. The Labute approximate surface area is 193 Å². The van der Waals surface area contributed by atoms with Crippen molar-refractivity contribution in [2.24, 2.45) is 5.10 Å². The number of hydrogen-bond donors (Lipinski definition) is 2. The first-order valence-electron chi connectivity index (χ1n) is 11.5. The minimum absolute atomic E-state index is 0.209. The third-order valence-electron chi connectivity index (χ3n) is 6.12. The second kappa shape index (κ2) is 9.74. The summed E-state index contributed by atoms with van der Waals surface area (Å²) in [5, 5.41) is 5.29. The average molecular weight is 438 g/mol. The molecule has 0 atom stereocenters. The minimum Gasteiger partial charge on any atom is -0.493 e. The van der Waals surface area contributed by atoms with Crippen LogP contribution in [0.25, 0.3) is 10.9 Å². The lowest BCUT2D eigenvalue weighted by Gasteiger charge is -2.10. The zero-order valence-corrected chi connectivity index (χ0v) is 18.5.